The summed E-state index contributed by atoms with van der Waals surface area (Å²) in [5.41, 5.74) is 5.20. The van der Waals surface area contributed by atoms with Crippen molar-refractivity contribution < 1.29 is 4.79 Å². The van der Waals surface area contributed by atoms with Crippen LogP contribution in [0.2, 0.25) is 0 Å². The molecule has 124 valence electrons. The average Bonchev–Trinajstić information content (AvgIpc) is 2.78. The Kier molecular flexibility index (Phi) is 7.10. The Morgan fingerprint density at radius 1 is 1.33 bits per heavy atom. The van der Waals surface area contributed by atoms with Crippen molar-refractivity contribution in [3.05, 3.63) is 0 Å². The summed E-state index contributed by atoms with van der Waals surface area (Å²) in [4.78, 5) is 16.7. The summed E-state index contributed by atoms with van der Waals surface area (Å²) in [6, 6.07) is 0.737. The van der Waals surface area contributed by atoms with E-state index >= 15 is 0 Å². The van der Waals surface area contributed by atoms with Crippen molar-refractivity contribution >= 4 is 5.91 Å². The number of likely N-dealkylation sites (N-methyl/N-ethyl adjacent to an activating group) is 1. The number of carbonyl (C=O) groups excluding carboxylic acids is 1. The second-order valence-electron chi connectivity index (χ2n) is 6.98. The van der Waals surface area contributed by atoms with Crippen LogP contribution in [0.3, 0.4) is 0 Å². The van der Waals surface area contributed by atoms with E-state index in [2.05, 4.69) is 50.0 Å². The third-order valence-electron chi connectivity index (χ3n) is 4.39. The molecule has 2 atom stereocenters. The molecule has 5 heteroatoms. The first kappa shape index (κ1) is 18.4. The topological polar surface area (TPSA) is 61.6 Å². The van der Waals surface area contributed by atoms with Gasteiger partial charge in [0, 0.05) is 25.2 Å². The zero-order valence-corrected chi connectivity index (χ0v) is 14.5. The molecule has 5 nitrogen and oxygen atoms in total. The van der Waals surface area contributed by atoms with Gasteiger partial charge in [0.15, 0.2) is 0 Å². The minimum atomic E-state index is -0.511. The number of rotatable bonds is 9. The van der Waals surface area contributed by atoms with Gasteiger partial charge < -0.3 is 16.0 Å². The number of nitrogens with two attached hydrogens (primary N) is 1. The van der Waals surface area contributed by atoms with E-state index in [1.54, 1.807) is 0 Å². The number of primary amides is 1. The molecule has 0 saturated heterocycles. The molecular weight excluding hydrogens is 264 g/mol. The lowest BCUT2D eigenvalue weighted by Crippen LogP contribution is -2.57. The Labute approximate surface area is 130 Å². The van der Waals surface area contributed by atoms with Gasteiger partial charge in [0.25, 0.3) is 0 Å². The molecule has 0 radical (unpaired) electrons. The third kappa shape index (κ3) is 5.24. The molecule has 3 N–H and O–H groups in total. The Morgan fingerprint density at radius 2 is 2.00 bits per heavy atom. The highest BCUT2D eigenvalue weighted by Crippen LogP contribution is 2.33. The van der Waals surface area contributed by atoms with Gasteiger partial charge in [-0.3, -0.25) is 9.69 Å². The smallest absolute Gasteiger partial charge is 0.237 e. The molecular formula is C16H34N4O. The lowest BCUT2D eigenvalue weighted by molar-refractivity contribution is -0.124. The van der Waals surface area contributed by atoms with E-state index in [-0.39, 0.29) is 11.9 Å². The summed E-state index contributed by atoms with van der Waals surface area (Å²) in [6.07, 6.45) is 3.89. The fraction of sp³-hybridized carbons (Fsp3) is 0.938. The number of hydrogen-bond acceptors (Lipinski definition) is 4. The van der Waals surface area contributed by atoms with Crippen LogP contribution in [0.25, 0.3) is 0 Å². The van der Waals surface area contributed by atoms with Crippen LogP contribution >= 0.6 is 0 Å². The molecule has 0 bridgehead atoms. The van der Waals surface area contributed by atoms with Gasteiger partial charge in [0.2, 0.25) is 5.91 Å². The van der Waals surface area contributed by atoms with Gasteiger partial charge in [-0.2, -0.15) is 0 Å². The maximum Gasteiger partial charge on any atom is 0.237 e. The van der Waals surface area contributed by atoms with E-state index in [0.717, 1.165) is 45.3 Å². The fourth-order valence-electron chi connectivity index (χ4n) is 3.40. The van der Waals surface area contributed by atoms with Gasteiger partial charge in [-0.25, -0.2) is 0 Å². The van der Waals surface area contributed by atoms with Crippen LogP contribution in [0.1, 0.15) is 46.5 Å². The van der Waals surface area contributed by atoms with Gasteiger partial charge in [0.1, 0.15) is 0 Å². The minimum absolute atomic E-state index is 0.192. The molecule has 0 heterocycles. The summed E-state index contributed by atoms with van der Waals surface area (Å²) in [6.45, 7) is 9.57. The first-order valence-corrected chi connectivity index (χ1v) is 8.27. The highest BCUT2D eigenvalue weighted by molar-refractivity contribution is 5.85. The van der Waals surface area contributed by atoms with Crippen molar-refractivity contribution in [2.45, 2.75) is 64.1 Å². The van der Waals surface area contributed by atoms with Crippen LogP contribution in [0.5, 0.6) is 0 Å². The molecule has 1 fully saturated rings. The van der Waals surface area contributed by atoms with Gasteiger partial charge in [-0.05, 0) is 60.2 Å². The fourth-order valence-corrected chi connectivity index (χ4v) is 3.40. The van der Waals surface area contributed by atoms with Gasteiger partial charge >= 0.3 is 0 Å². The average molecular weight is 298 g/mol. The van der Waals surface area contributed by atoms with Crippen molar-refractivity contribution in [2.24, 2.45) is 5.73 Å². The molecule has 1 saturated carbocycles. The Bertz CT molecular complexity index is 332. The van der Waals surface area contributed by atoms with E-state index < -0.39 is 5.54 Å². The second-order valence-corrected chi connectivity index (χ2v) is 6.98. The molecule has 1 aliphatic carbocycles. The molecule has 1 rings (SSSR count). The molecule has 0 aromatic heterocycles. The summed E-state index contributed by atoms with van der Waals surface area (Å²) in [5.74, 6) is -0.192. The third-order valence-corrected chi connectivity index (χ3v) is 4.39. The van der Waals surface area contributed by atoms with Crippen LogP contribution in [-0.2, 0) is 4.79 Å². The number of hydrogen-bond donors (Lipinski definition) is 2. The van der Waals surface area contributed by atoms with Crippen molar-refractivity contribution in [1.82, 2.24) is 15.1 Å². The number of carbonyl (C=O) groups is 1. The van der Waals surface area contributed by atoms with E-state index in [0.29, 0.717) is 6.04 Å². The zero-order valence-electron chi connectivity index (χ0n) is 14.5. The first-order chi connectivity index (χ1) is 9.80. The highest BCUT2D eigenvalue weighted by atomic mass is 16.1. The second kappa shape index (κ2) is 8.11. The molecule has 1 aliphatic rings. The zero-order chi connectivity index (χ0) is 16.0. The normalized spacial score (nSPS) is 26.2. The maximum absolute atomic E-state index is 12.0. The summed E-state index contributed by atoms with van der Waals surface area (Å²) in [5, 5.41) is 3.43. The quantitative estimate of drug-likeness (QED) is 0.667. The summed E-state index contributed by atoms with van der Waals surface area (Å²) >= 11 is 0. The van der Waals surface area contributed by atoms with Crippen LogP contribution in [0.4, 0.5) is 0 Å². The van der Waals surface area contributed by atoms with Crippen molar-refractivity contribution in [2.75, 3.05) is 33.7 Å². The maximum atomic E-state index is 12.0. The minimum Gasteiger partial charge on any atom is -0.368 e. The Morgan fingerprint density at radius 3 is 2.48 bits per heavy atom. The van der Waals surface area contributed by atoms with Gasteiger partial charge in [0.05, 0.1) is 5.54 Å². The van der Waals surface area contributed by atoms with Gasteiger partial charge in [-0.1, -0.05) is 6.92 Å². The summed E-state index contributed by atoms with van der Waals surface area (Å²) in [7, 11) is 4.21. The lowest BCUT2D eigenvalue weighted by Gasteiger charge is -2.33. The molecule has 0 spiro atoms. The van der Waals surface area contributed by atoms with E-state index in [1.807, 2.05) is 0 Å². The van der Waals surface area contributed by atoms with Crippen LogP contribution in [0.15, 0.2) is 0 Å². The predicted molar refractivity (Wildman–Crippen MR) is 88.3 cm³/mol. The standard InChI is InChI=1S/C16H34N4O/c1-6-9-20(11-10-19(4)5)14-7-8-16(12-14,15(17)21)18-13(2)3/h13-14,18H,6-12H2,1-5H3,(H2,17,21). The largest absolute Gasteiger partial charge is 0.368 e. The Hall–Kier alpha value is -0.650. The number of nitrogens with one attached hydrogen (secondary N) is 1. The van der Waals surface area contributed by atoms with Crippen LogP contribution in [-0.4, -0.2) is 67.1 Å². The summed E-state index contributed by atoms with van der Waals surface area (Å²) < 4.78 is 0. The molecule has 0 aliphatic heterocycles. The SMILES string of the molecule is CCCN(CCN(C)C)C1CCC(NC(C)C)(C(N)=O)C1. The van der Waals surface area contributed by atoms with Crippen molar-refractivity contribution in [3.63, 3.8) is 0 Å². The lowest BCUT2D eigenvalue weighted by atomic mass is 9.95. The van der Waals surface area contributed by atoms with Gasteiger partial charge in [-0.15, -0.1) is 0 Å². The van der Waals surface area contributed by atoms with Crippen molar-refractivity contribution in [3.8, 4) is 0 Å². The van der Waals surface area contributed by atoms with Crippen molar-refractivity contribution in [1.29, 1.82) is 0 Å². The molecule has 0 aromatic rings. The highest BCUT2D eigenvalue weighted by Gasteiger charge is 2.45. The van der Waals surface area contributed by atoms with Crippen LogP contribution in [0, 0.1) is 0 Å². The van der Waals surface area contributed by atoms with Crippen LogP contribution < -0.4 is 11.1 Å². The molecule has 0 aromatic carbocycles. The van der Waals surface area contributed by atoms with E-state index in [4.69, 9.17) is 5.73 Å². The number of amides is 1. The Balaban J connectivity index is 2.72. The number of nitrogens with zero attached hydrogens (tertiary/aromatic N) is 2. The first-order valence-electron chi connectivity index (χ1n) is 8.27. The predicted octanol–water partition coefficient (Wildman–Crippen LogP) is 1.03. The monoisotopic (exact) mass is 298 g/mol. The molecule has 1 amide bonds. The molecule has 2 unspecified atom stereocenters. The van der Waals surface area contributed by atoms with E-state index in [1.165, 1.54) is 0 Å². The van der Waals surface area contributed by atoms with E-state index in [9.17, 15) is 4.79 Å². The molecule has 21 heavy (non-hydrogen) atoms.